The average Bonchev–Trinajstić information content (AvgIpc) is 2.61. The van der Waals surface area contributed by atoms with Gasteiger partial charge in [0.1, 0.15) is 0 Å². The first-order valence-electron chi connectivity index (χ1n) is 6.76. The van der Waals surface area contributed by atoms with E-state index in [-0.39, 0.29) is 0 Å². The van der Waals surface area contributed by atoms with Gasteiger partial charge in [-0.15, -0.1) is 11.8 Å². The lowest BCUT2D eigenvalue weighted by Crippen LogP contribution is -1.99. The molecule has 1 unspecified atom stereocenters. The van der Waals surface area contributed by atoms with Crippen molar-refractivity contribution in [1.82, 2.24) is 0 Å². The van der Waals surface area contributed by atoms with E-state index < -0.39 is 0 Å². The van der Waals surface area contributed by atoms with Crippen LogP contribution in [-0.2, 0) is 5.75 Å². The van der Waals surface area contributed by atoms with Gasteiger partial charge in [0.05, 0.1) is 0 Å². The first-order chi connectivity index (χ1) is 9.27. The second-order valence-electron chi connectivity index (χ2n) is 4.36. The van der Waals surface area contributed by atoms with Crippen molar-refractivity contribution >= 4 is 27.7 Å². The third-order valence-electron chi connectivity index (χ3n) is 3.38. The van der Waals surface area contributed by atoms with Crippen molar-refractivity contribution in [1.29, 1.82) is 0 Å². The zero-order valence-corrected chi connectivity index (χ0v) is 14.0. The molecule has 19 heavy (non-hydrogen) atoms. The van der Waals surface area contributed by atoms with Crippen LogP contribution < -0.4 is 0 Å². The molecule has 3 rings (SSSR count). The number of benzene rings is 2. The fourth-order valence-electron chi connectivity index (χ4n) is 2.42. The van der Waals surface area contributed by atoms with Crippen molar-refractivity contribution in [3.63, 3.8) is 0 Å². The Hall–Kier alpha value is -0.730. The van der Waals surface area contributed by atoms with E-state index >= 15 is 0 Å². The van der Waals surface area contributed by atoms with Crippen LogP contribution in [0.25, 0.3) is 0 Å². The van der Waals surface area contributed by atoms with E-state index in [0.29, 0.717) is 5.92 Å². The van der Waals surface area contributed by atoms with Crippen molar-refractivity contribution < 1.29 is 0 Å². The third kappa shape index (κ3) is 2.90. The molecule has 0 nitrogen and oxygen atoms in total. The highest BCUT2D eigenvalue weighted by Crippen LogP contribution is 2.42. The van der Waals surface area contributed by atoms with Crippen molar-refractivity contribution in [2.45, 2.75) is 37.3 Å². The molecule has 2 aromatic rings. The van der Waals surface area contributed by atoms with Gasteiger partial charge in [-0.3, -0.25) is 0 Å². The SMILES string of the molecule is CC.CC1c2ccccc2SCc2c(Br)cccc21. The number of fused-ring (bicyclic) bond motifs is 2. The molecular formula is C17H19BrS. The van der Waals surface area contributed by atoms with Gasteiger partial charge < -0.3 is 0 Å². The molecular weight excluding hydrogens is 316 g/mol. The van der Waals surface area contributed by atoms with Crippen LogP contribution in [0.4, 0.5) is 0 Å². The Kier molecular flexibility index (Phi) is 5.12. The maximum atomic E-state index is 3.68. The first-order valence-corrected chi connectivity index (χ1v) is 8.54. The van der Waals surface area contributed by atoms with E-state index in [1.807, 2.05) is 25.6 Å². The summed E-state index contributed by atoms with van der Waals surface area (Å²) in [6, 6.07) is 15.3. The van der Waals surface area contributed by atoms with E-state index in [4.69, 9.17) is 0 Å². The van der Waals surface area contributed by atoms with Gasteiger partial charge in [-0.05, 0) is 28.8 Å². The minimum atomic E-state index is 0.480. The molecule has 0 saturated heterocycles. The Morgan fingerprint density at radius 3 is 2.47 bits per heavy atom. The summed E-state index contributed by atoms with van der Waals surface area (Å²) in [5.41, 5.74) is 4.35. The maximum absolute atomic E-state index is 3.68. The summed E-state index contributed by atoms with van der Waals surface area (Å²) in [5, 5.41) is 0. The molecule has 0 amide bonds. The number of hydrogen-bond acceptors (Lipinski definition) is 1. The number of hydrogen-bond donors (Lipinski definition) is 0. The van der Waals surface area contributed by atoms with Gasteiger partial charge in [0.25, 0.3) is 0 Å². The molecule has 0 aliphatic carbocycles. The van der Waals surface area contributed by atoms with Crippen LogP contribution in [0.1, 0.15) is 43.4 Å². The fourth-order valence-corrected chi connectivity index (χ4v) is 4.34. The van der Waals surface area contributed by atoms with Crippen LogP contribution in [0.2, 0.25) is 0 Å². The normalized spacial score (nSPS) is 16.5. The lowest BCUT2D eigenvalue weighted by Gasteiger charge is -2.15. The van der Waals surface area contributed by atoms with E-state index in [1.54, 1.807) is 0 Å². The van der Waals surface area contributed by atoms with Gasteiger partial charge in [0.15, 0.2) is 0 Å². The van der Waals surface area contributed by atoms with E-state index in [0.717, 1.165) is 5.75 Å². The fraction of sp³-hybridized carbons (Fsp3) is 0.294. The summed E-state index contributed by atoms with van der Waals surface area (Å²) in [6.07, 6.45) is 0. The van der Waals surface area contributed by atoms with Crippen molar-refractivity contribution in [3.8, 4) is 0 Å². The van der Waals surface area contributed by atoms with Gasteiger partial charge in [-0.1, -0.05) is 67.0 Å². The van der Waals surface area contributed by atoms with E-state index in [1.165, 1.54) is 26.1 Å². The van der Waals surface area contributed by atoms with Crippen molar-refractivity contribution in [2.75, 3.05) is 0 Å². The van der Waals surface area contributed by atoms with Crippen LogP contribution in [0, 0.1) is 0 Å². The summed E-state index contributed by atoms with van der Waals surface area (Å²) >= 11 is 5.62. The minimum Gasteiger partial charge on any atom is -0.121 e. The lowest BCUT2D eigenvalue weighted by molar-refractivity contribution is 0.889. The van der Waals surface area contributed by atoms with Crippen molar-refractivity contribution in [2.24, 2.45) is 0 Å². The van der Waals surface area contributed by atoms with Crippen molar-refractivity contribution in [3.05, 3.63) is 63.6 Å². The molecule has 0 fully saturated rings. The summed E-state index contributed by atoms with van der Waals surface area (Å²) in [4.78, 5) is 1.42. The monoisotopic (exact) mass is 334 g/mol. The molecule has 0 saturated carbocycles. The average molecular weight is 335 g/mol. The van der Waals surface area contributed by atoms with Crippen LogP contribution in [-0.4, -0.2) is 0 Å². The van der Waals surface area contributed by atoms with Gasteiger partial charge in [0, 0.05) is 21.0 Å². The molecule has 2 aromatic carbocycles. The third-order valence-corrected chi connectivity index (χ3v) is 5.24. The molecule has 2 heteroatoms. The molecule has 1 atom stereocenters. The molecule has 0 spiro atoms. The predicted molar refractivity (Wildman–Crippen MR) is 89.0 cm³/mol. The Morgan fingerprint density at radius 1 is 1.00 bits per heavy atom. The molecule has 0 radical (unpaired) electrons. The molecule has 100 valence electrons. The second-order valence-corrected chi connectivity index (χ2v) is 6.23. The number of thioether (sulfide) groups is 1. The van der Waals surface area contributed by atoms with Crippen LogP contribution in [0.3, 0.4) is 0 Å². The Balaban J connectivity index is 0.000000637. The minimum absolute atomic E-state index is 0.480. The Morgan fingerprint density at radius 2 is 1.68 bits per heavy atom. The highest BCUT2D eigenvalue weighted by atomic mass is 79.9. The molecule has 1 heterocycles. The summed E-state index contributed by atoms with van der Waals surface area (Å²) in [6.45, 7) is 6.30. The largest absolute Gasteiger partial charge is 0.121 e. The maximum Gasteiger partial charge on any atom is 0.0246 e. The van der Waals surface area contributed by atoms with Crippen LogP contribution in [0.5, 0.6) is 0 Å². The van der Waals surface area contributed by atoms with Gasteiger partial charge in [-0.25, -0.2) is 0 Å². The Bertz CT molecular complexity index is 563. The molecule has 1 aliphatic heterocycles. The van der Waals surface area contributed by atoms with Gasteiger partial charge in [0.2, 0.25) is 0 Å². The molecule has 0 aromatic heterocycles. The summed E-state index contributed by atoms with van der Waals surface area (Å²) in [7, 11) is 0. The lowest BCUT2D eigenvalue weighted by atomic mass is 9.90. The second kappa shape index (κ2) is 6.62. The molecule has 0 N–H and O–H groups in total. The molecule has 0 bridgehead atoms. The number of rotatable bonds is 0. The molecule has 1 aliphatic rings. The predicted octanol–water partition coefficient (Wildman–Crippen LogP) is 6.23. The van der Waals surface area contributed by atoms with Gasteiger partial charge in [-0.2, -0.15) is 0 Å². The summed E-state index contributed by atoms with van der Waals surface area (Å²) < 4.78 is 1.24. The van der Waals surface area contributed by atoms with E-state index in [9.17, 15) is 0 Å². The van der Waals surface area contributed by atoms with Crippen LogP contribution in [0.15, 0.2) is 51.8 Å². The zero-order chi connectivity index (χ0) is 13.8. The van der Waals surface area contributed by atoms with Gasteiger partial charge >= 0.3 is 0 Å². The van der Waals surface area contributed by atoms with E-state index in [2.05, 4.69) is 65.3 Å². The topological polar surface area (TPSA) is 0 Å². The standard InChI is InChI=1S/C15H13BrS.C2H6/c1-10-11-6-4-7-14(16)13(11)9-17-15-8-3-2-5-12(10)15;1-2/h2-8,10H,9H2,1H3;1-2H3. The highest BCUT2D eigenvalue weighted by molar-refractivity contribution is 9.10. The first kappa shape index (κ1) is 14.7. The Labute approximate surface area is 128 Å². The smallest absolute Gasteiger partial charge is 0.0246 e. The number of halogens is 1. The summed E-state index contributed by atoms with van der Waals surface area (Å²) in [5.74, 6) is 1.53. The van der Waals surface area contributed by atoms with Crippen LogP contribution >= 0.6 is 27.7 Å². The highest BCUT2D eigenvalue weighted by Gasteiger charge is 2.21. The quantitative estimate of drug-likeness (QED) is 0.550. The zero-order valence-electron chi connectivity index (χ0n) is 11.6.